The molecule has 8 heteroatoms. The number of halogens is 1. The largest absolute Gasteiger partial charge is 0.505 e. The van der Waals surface area contributed by atoms with Crippen molar-refractivity contribution in [2.24, 2.45) is 0 Å². The third-order valence-electron chi connectivity index (χ3n) is 4.65. The van der Waals surface area contributed by atoms with Crippen LogP contribution in [-0.4, -0.2) is 35.3 Å². The Morgan fingerprint density at radius 3 is 2.44 bits per heavy atom. The summed E-state index contributed by atoms with van der Waals surface area (Å²) in [5, 5.41) is 21.8. The number of carbonyl (C=O) groups is 1. The lowest BCUT2D eigenvalue weighted by atomic mass is 10.0. The SMILES string of the molecule is CSc1ccc(NC(=O)O[C@@H](c2ccc(O)c(F)c2)[C@H](CCO)Oc2ccccc2)cc1. The van der Waals surface area contributed by atoms with Gasteiger partial charge in [0, 0.05) is 23.6 Å². The maximum absolute atomic E-state index is 14.1. The molecule has 0 saturated heterocycles. The predicted molar refractivity (Wildman–Crippen MR) is 122 cm³/mol. The molecular formula is C24H24FNO5S. The smallest absolute Gasteiger partial charge is 0.412 e. The lowest BCUT2D eigenvalue weighted by Crippen LogP contribution is -2.31. The van der Waals surface area contributed by atoms with Crippen LogP contribution in [0.25, 0.3) is 0 Å². The van der Waals surface area contributed by atoms with Crippen LogP contribution in [0.2, 0.25) is 0 Å². The summed E-state index contributed by atoms with van der Waals surface area (Å²) in [4.78, 5) is 13.7. The van der Waals surface area contributed by atoms with Gasteiger partial charge in [0.25, 0.3) is 0 Å². The molecule has 1 amide bonds. The molecule has 3 N–H and O–H groups in total. The second kappa shape index (κ2) is 11.4. The van der Waals surface area contributed by atoms with Gasteiger partial charge in [-0.1, -0.05) is 24.3 Å². The second-order valence-electron chi connectivity index (χ2n) is 6.87. The summed E-state index contributed by atoms with van der Waals surface area (Å²) in [5.74, 6) is -0.869. The third-order valence-corrected chi connectivity index (χ3v) is 5.40. The standard InChI is InChI=1S/C24H24FNO5S/c1-32-19-10-8-17(9-11-19)26-24(29)31-23(16-7-12-21(28)20(25)15-16)22(13-14-27)30-18-5-3-2-4-6-18/h2-12,15,22-23,27-28H,13-14H2,1H3,(H,26,29)/t22-,23-/m0/s1. The van der Waals surface area contributed by atoms with Crippen molar-refractivity contribution < 1.29 is 28.9 Å². The highest BCUT2D eigenvalue weighted by Gasteiger charge is 2.30. The molecule has 0 aliphatic carbocycles. The number of amides is 1. The summed E-state index contributed by atoms with van der Waals surface area (Å²) < 4.78 is 25.7. The highest BCUT2D eigenvalue weighted by molar-refractivity contribution is 7.98. The van der Waals surface area contributed by atoms with Gasteiger partial charge in [0.15, 0.2) is 17.7 Å². The summed E-state index contributed by atoms with van der Waals surface area (Å²) in [7, 11) is 0. The van der Waals surface area contributed by atoms with Crippen LogP contribution in [0, 0.1) is 5.82 Å². The van der Waals surface area contributed by atoms with Gasteiger partial charge in [0.2, 0.25) is 0 Å². The number of ether oxygens (including phenoxy) is 2. The molecule has 0 saturated carbocycles. The van der Waals surface area contributed by atoms with E-state index in [0.29, 0.717) is 11.4 Å². The minimum absolute atomic E-state index is 0.123. The van der Waals surface area contributed by atoms with Crippen LogP contribution in [0.5, 0.6) is 11.5 Å². The Labute approximate surface area is 190 Å². The maximum Gasteiger partial charge on any atom is 0.412 e. The van der Waals surface area contributed by atoms with E-state index in [1.54, 1.807) is 48.2 Å². The van der Waals surface area contributed by atoms with Gasteiger partial charge < -0.3 is 19.7 Å². The van der Waals surface area contributed by atoms with Crippen LogP contribution in [0.3, 0.4) is 0 Å². The lowest BCUT2D eigenvalue weighted by Gasteiger charge is -2.28. The van der Waals surface area contributed by atoms with Crippen LogP contribution in [0.1, 0.15) is 18.1 Å². The van der Waals surface area contributed by atoms with Crippen molar-refractivity contribution in [3.05, 3.63) is 84.2 Å². The van der Waals surface area contributed by atoms with Gasteiger partial charge in [-0.25, -0.2) is 9.18 Å². The van der Waals surface area contributed by atoms with E-state index in [1.165, 1.54) is 12.1 Å². The summed E-state index contributed by atoms with van der Waals surface area (Å²) in [6.07, 6.45) is -0.553. The Hall–Kier alpha value is -3.23. The molecular weight excluding hydrogens is 433 g/mol. The molecule has 0 heterocycles. The summed E-state index contributed by atoms with van der Waals surface area (Å²) in [6, 6.07) is 19.8. The topological polar surface area (TPSA) is 88.0 Å². The van der Waals surface area contributed by atoms with E-state index in [0.717, 1.165) is 11.0 Å². The number of anilines is 1. The molecule has 168 valence electrons. The molecule has 0 aliphatic heterocycles. The van der Waals surface area contributed by atoms with Crippen LogP contribution in [0.4, 0.5) is 14.9 Å². The first-order valence-corrected chi connectivity index (χ1v) is 11.2. The molecule has 32 heavy (non-hydrogen) atoms. The Morgan fingerprint density at radius 1 is 1.09 bits per heavy atom. The number of hydrogen-bond donors (Lipinski definition) is 3. The Kier molecular flexibility index (Phi) is 8.35. The maximum atomic E-state index is 14.1. The first kappa shape index (κ1) is 23.4. The first-order chi connectivity index (χ1) is 15.5. The molecule has 3 aromatic carbocycles. The molecule has 0 aromatic heterocycles. The number of carbonyl (C=O) groups excluding carboxylic acids is 1. The minimum Gasteiger partial charge on any atom is -0.505 e. The molecule has 0 unspecified atom stereocenters. The third kappa shape index (κ3) is 6.38. The quantitative estimate of drug-likeness (QED) is 0.374. The highest BCUT2D eigenvalue weighted by atomic mass is 32.2. The number of hydrogen-bond acceptors (Lipinski definition) is 6. The zero-order valence-electron chi connectivity index (χ0n) is 17.4. The van der Waals surface area contributed by atoms with E-state index in [2.05, 4.69) is 5.32 Å². The number of phenolic OH excluding ortho intramolecular Hbond substituents is 1. The van der Waals surface area contributed by atoms with Crippen LogP contribution in [-0.2, 0) is 4.74 Å². The lowest BCUT2D eigenvalue weighted by molar-refractivity contribution is 0.00892. The molecule has 3 rings (SSSR count). The van der Waals surface area contributed by atoms with Crippen LogP contribution >= 0.6 is 11.8 Å². The molecule has 0 aliphatic rings. The number of para-hydroxylation sites is 1. The average molecular weight is 458 g/mol. The number of aliphatic hydroxyl groups excluding tert-OH is 1. The zero-order chi connectivity index (χ0) is 22.9. The fourth-order valence-electron chi connectivity index (χ4n) is 3.07. The van der Waals surface area contributed by atoms with Crippen molar-refractivity contribution in [2.45, 2.75) is 23.5 Å². The van der Waals surface area contributed by atoms with E-state index in [4.69, 9.17) is 9.47 Å². The highest BCUT2D eigenvalue weighted by Crippen LogP contribution is 2.30. The van der Waals surface area contributed by atoms with E-state index in [-0.39, 0.29) is 18.6 Å². The molecule has 0 bridgehead atoms. The van der Waals surface area contributed by atoms with E-state index in [9.17, 15) is 19.4 Å². The fraction of sp³-hybridized carbons (Fsp3) is 0.208. The van der Waals surface area contributed by atoms with Crippen LogP contribution < -0.4 is 10.1 Å². The van der Waals surface area contributed by atoms with Gasteiger partial charge in [0.05, 0.1) is 0 Å². The van der Waals surface area contributed by atoms with Gasteiger partial charge >= 0.3 is 6.09 Å². The molecule has 6 nitrogen and oxygen atoms in total. The van der Waals surface area contributed by atoms with Crippen molar-refractivity contribution in [1.82, 2.24) is 0 Å². The molecule has 0 radical (unpaired) electrons. The fourth-order valence-corrected chi connectivity index (χ4v) is 3.48. The summed E-state index contributed by atoms with van der Waals surface area (Å²) in [6.45, 7) is -0.240. The summed E-state index contributed by atoms with van der Waals surface area (Å²) in [5.41, 5.74) is 0.814. The molecule has 0 fully saturated rings. The van der Waals surface area contributed by atoms with Crippen molar-refractivity contribution in [3.8, 4) is 11.5 Å². The van der Waals surface area contributed by atoms with Crippen molar-refractivity contribution in [2.75, 3.05) is 18.2 Å². The number of aromatic hydroxyl groups is 1. The normalized spacial score (nSPS) is 12.6. The van der Waals surface area contributed by atoms with Gasteiger partial charge in [-0.15, -0.1) is 11.8 Å². The Bertz CT molecular complexity index is 1020. The summed E-state index contributed by atoms with van der Waals surface area (Å²) >= 11 is 1.58. The van der Waals surface area contributed by atoms with Crippen LogP contribution in [0.15, 0.2) is 77.7 Å². The van der Waals surface area contributed by atoms with Crippen molar-refractivity contribution in [1.29, 1.82) is 0 Å². The number of benzene rings is 3. The van der Waals surface area contributed by atoms with Gasteiger partial charge in [-0.3, -0.25) is 5.32 Å². The predicted octanol–water partition coefficient (Wildman–Crippen LogP) is 5.37. The Morgan fingerprint density at radius 2 is 1.81 bits per heavy atom. The molecule has 2 atom stereocenters. The number of phenols is 1. The number of thioether (sulfide) groups is 1. The van der Waals surface area contributed by atoms with Crippen molar-refractivity contribution in [3.63, 3.8) is 0 Å². The van der Waals surface area contributed by atoms with Gasteiger partial charge in [-0.2, -0.15) is 0 Å². The molecule has 3 aromatic rings. The first-order valence-electron chi connectivity index (χ1n) is 9.93. The number of aliphatic hydroxyl groups is 1. The van der Waals surface area contributed by atoms with E-state index in [1.807, 2.05) is 24.5 Å². The second-order valence-corrected chi connectivity index (χ2v) is 7.75. The van der Waals surface area contributed by atoms with E-state index >= 15 is 0 Å². The Balaban J connectivity index is 1.85. The minimum atomic E-state index is -1.05. The monoisotopic (exact) mass is 457 g/mol. The molecule has 0 spiro atoms. The van der Waals surface area contributed by atoms with E-state index < -0.39 is 29.9 Å². The number of nitrogens with one attached hydrogen (secondary N) is 1. The average Bonchev–Trinajstić information content (AvgIpc) is 2.80. The van der Waals surface area contributed by atoms with Gasteiger partial charge in [-0.05, 0) is 60.4 Å². The zero-order valence-corrected chi connectivity index (χ0v) is 18.2. The number of rotatable bonds is 9. The van der Waals surface area contributed by atoms with Gasteiger partial charge in [0.1, 0.15) is 11.9 Å². The van der Waals surface area contributed by atoms with Crippen molar-refractivity contribution >= 4 is 23.5 Å².